The minimum atomic E-state index is -4.56. The summed E-state index contributed by atoms with van der Waals surface area (Å²) in [5.74, 6) is -1.16. The normalized spacial score (nSPS) is 11.0. The predicted octanol–water partition coefficient (Wildman–Crippen LogP) is 5.28. The van der Waals surface area contributed by atoms with E-state index in [0.29, 0.717) is 18.8 Å². The van der Waals surface area contributed by atoms with Crippen LogP contribution in [0, 0.1) is 5.82 Å². The number of anilines is 2. The number of hydrogen-bond donors (Lipinski definition) is 1. The molecule has 0 atom stereocenters. The van der Waals surface area contributed by atoms with Gasteiger partial charge >= 0.3 is 6.18 Å². The summed E-state index contributed by atoms with van der Waals surface area (Å²) in [6.45, 7) is 7.95. The zero-order valence-corrected chi connectivity index (χ0v) is 14.4. The molecule has 2 aromatic carbocycles. The second-order valence-corrected chi connectivity index (χ2v) is 5.67. The van der Waals surface area contributed by atoms with Crippen LogP contribution in [0.25, 0.3) is 0 Å². The molecule has 2 rings (SSSR count). The highest BCUT2D eigenvalue weighted by atomic mass is 19.4. The second kappa shape index (κ2) is 8.53. The molecule has 1 N–H and O–H groups in total. The van der Waals surface area contributed by atoms with Crippen molar-refractivity contribution in [2.75, 3.05) is 23.3 Å². The highest BCUT2D eigenvalue weighted by Crippen LogP contribution is 2.35. The van der Waals surface area contributed by atoms with E-state index in [0.717, 1.165) is 24.3 Å². The van der Waals surface area contributed by atoms with Gasteiger partial charge in [-0.3, -0.25) is 4.79 Å². The molecule has 0 saturated heterocycles. The maximum atomic E-state index is 13.1. The predicted molar refractivity (Wildman–Crippen MR) is 98.4 cm³/mol. The molecule has 7 heteroatoms. The molecule has 27 heavy (non-hydrogen) atoms. The molecule has 0 spiro atoms. The van der Waals surface area contributed by atoms with E-state index in [9.17, 15) is 22.4 Å². The summed E-state index contributed by atoms with van der Waals surface area (Å²) < 4.78 is 52.3. The Morgan fingerprint density at radius 3 is 2.15 bits per heavy atom. The molecule has 0 unspecified atom stereocenters. The molecule has 2 aromatic rings. The summed E-state index contributed by atoms with van der Waals surface area (Å²) in [5.41, 5.74) is -0.391. The van der Waals surface area contributed by atoms with Crippen LogP contribution in [0.3, 0.4) is 0 Å². The Balaban J connectivity index is 2.45. The van der Waals surface area contributed by atoms with Gasteiger partial charge in [0.05, 0.1) is 16.9 Å². The third-order valence-electron chi connectivity index (χ3n) is 3.72. The van der Waals surface area contributed by atoms with Gasteiger partial charge in [0.2, 0.25) is 0 Å². The average molecular weight is 378 g/mol. The fourth-order valence-corrected chi connectivity index (χ4v) is 2.47. The first-order valence-electron chi connectivity index (χ1n) is 8.01. The first-order chi connectivity index (χ1) is 12.8. The molecule has 3 nitrogen and oxygen atoms in total. The number of benzene rings is 2. The van der Waals surface area contributed by atoms with Gasteiger partial charge in [0.1, 0.15) is 5.82 Å². The van der Waals surface area contributed by atoms with Crippen molar-refractivity contribution in [3.8, 4) is 0 Å². The van der Waals surface area contributed by atoms with Crippen molar-refractivity contribution in [1.82, 2.24) is 0 Å². The second-order valence-electron chi connectivity index (χ2n) is 5.67. The minimum absolute atomic E-state index is 0.0112. The Kier molecular flexibility index (Phi) is 6.39. The zero-order chi connectivity index (χ0) is 20.0. The van der Waals surface area contributed by atoms with Gasteiger partial charge in [-0.1, -0.05) is 12.2 Å². The maximum absolute atomic E-state index is 13.1. The number of hydrogen-bond acceptors (Lipinski definition) is 2. The lowest BCUT2D eigenvalue weighted by molar-refractivity contribution is -0.137. The topological polar surface area (TPSA) is 32.3 Å². The number of carbonyl (C=O) groups is 1. The molecule has 0 aromatic heterocycles. The van der Waals surface area contributed by atoms with Crippen LogP contribution in [0.1, 0.15) is 15.9 Å². The molecule has 1 amide bonds. The van der Waals surface area contributed by atoms with E-state index in [4.69, 9.17) is 0 Å². The molecule has 0 radical (unpaired) electrons. The van der Waals surface area contributed by atoms with Crippen molar-refractivity contribution >= 4 is 17.3 Å². The molecule has 0 fully saturated rings. The van der Waals surface area contributed by atoms with Crippen LogP contribution in [0.5, 0.6) is 0 Å². The number of nitrogens with zero attached hydrogens (tertiary/aromatic N) is 1. The van der Waals surface area contributed by atoms with Gasteiger partial charge in [0.25, 0.3) is 5.91 Å². The zero-order valence-electron chi connectivity index (χ0n) is 14.4. The van der Waals surface area contributed by atoms with E-state index in [1.807, 2.05) is 0 Å². The van der Waals surface area contributed by atoms with Crippen molar-refractivity contribution < 1.29 is 22.4 Å². The van der Waals surface area contributed by atoms with Gasteiger partial charge in [0.15, 0.2) is 0 Å². The Labute approximate surface area is 154 Å². The highest BCUT2D eigenvalue weighted by molar-refractivity contribution is 6.06. The van der Waals surface area contributed by atoms with Gasteiger partial charge in [-0.2, -0.15) is 13.2 Å². The number of amides is 1. The minimum Gasteiger partial charge on any atom is -0.362 e. The van der Waals surface area contributed by atoms with Crippen LogP contribution in [0.4, 0.5) is 28.9 Å². The lowest BCUT2D eigenvalue weighted by Crippen LogP contribution is -2.25. The van der Waals surface area contributed by atoms with Gasteiger partial charge in [-0.15, -0.1) is 13.2 Å². The average Bonchev–Trinajstić information content (AvgIpc) is 2.61. The summed E-state index contributed by atoms with van der Waals surface area (Å²) in [7, 11) is 0. The first-order valence-corrected chi connectivity index (χ1v) is 8.01. The summed E-state index contributed by atoms with van der Waals surface area (Å²) in [5, 5.41) is 2.48. The number of alkyl halides is 3. The SMILES string of the molecule is C=CCN(CC=C)c1ccc(C(F)(F)F)cc1NC(=O)c1ccc(F)cc1. The fraction of sp³-hybridized carbons (Fsp3) is 0.150. The van der Waals surface area contributed by atoms with Gasteiger partial charge in [0, 0.05) is 18.7 Å². The Morgan fingerprint density at radius 2 is 1.63 bits per heavy atom. The molecule has 0 heterocycles. The summed E-state index contributed by atoms with van der Waals surface area (Å²) in [4.78, 5) is 14.1. The van der Waals surface area contributed by atoms with Crippen molar-refractivity contribution in [2.45, 2.75) is 6.18 Å². The smallest absolute Gasteiger partial charge is 0.362 e. The Bertz CT molecular complexity index is 819. The molecule has 0 aliphatic heterocycles. The molecule has 0 saturated carbocycles. The van der Waals surface area contributed by atoms with Crippen LogP contribution < -0.4 is 10.2 Å². The van der Waals surface area contributed by atoms with Crippen molar-refractivity contribution in [3.63, 3.8) is 0 Å². The lowest BCUT2D eigenvalue weighted by atomic mass is 10.1. The van der Waals surface area contributed by atoms with Crippen LogP contribution in [0.2, 0.25) is 0 Å². The third-order valence-corrected chi connectivity index (χ3v) is 3.72. The van der Waals surface area contributed by atoms with E-state index in [-0.39, 0.29) is 11.3 Å². The summed E-state index contributed by atoms with van der Waals surface area (Å²) in [6.07, 6.45) is -1.38. The lowest BCUT2D eigenvalue weighted by Gasteiger charge is -2.25. The summed E-state index contributed by atoms with van der Waals surface area (Å²) >= 11 is 0. The molecular weight excluding hydrogens is 360 g/mol. The van der Waals surface area contributed by atoms with E-state index >= 15 is 0 Å². The highest BCUT2D eigenvalue weighted by Gasteiger charge is 2.31. The number of halogens is 4. The van der Waals surface area contributed by atoms with Gasteiger partial charge < -0.3 is 10.2 Å². The van der Waals surface area contributed by atoms with Crippen molar-refractivity contribution in [3.05, 3.63) is 84.7 Å². The Hall–Kier alpha value is -3.09. The number of nitrogens with one attached hydrogen (secondary N) is 1. The van der Waals surface area contributed by atoms with Crippen LogP contribution in [-0.4, -0.2) is 19.0 Å². The standard InChI is InChI=1S/C20H18F4N2O/c1-3-11-26(12-4-2)18-10-7-15(20(22,23)24)13-17(18)25-19(27)14-5-8-16(21)9-6-14/h3-10,13H,1-2,11-12H2,(H,25,27). The summed E-state index contributed by atoms with van der Waals surface area (Å²) in [6, 6.07) is 7.81. The quantitative estimate of drug-likeness (QED) is 0.525. The van der Waals surface area contributed by atoms with Gasteiger partial charge in [-0.05, 0) is 42.5 Å². The maximum Gasteiger partial charge on any atom is 0.416 e. The van der Waals surface area contributed by atoms with E-state index < -0.39 is 23.5 Å². The Morgan fingerprint density at radius 1 is 1.04 bits per heavy atom. The van der Waals surface area contributed by atoms with Crippen molar-refractivity contribution in [2.24, 2.45) is 0 Å². The number of rotatable bonds is 7. The fourth-order valence-electron chi connectivity index (χ4n) is 2.47. The first kappa shape index (κ1) is 20.2. The van der Waals surface area contributed by atoms with Crippen LogP contribution >= 0.6 is 0 Å². The largest absolute Gasteiger partial charge is 0.416 e. The van der Waals surface area contributed by atoms with E-state index in [1.165, 1.54) is 18.2 Å². The molecule has 0 bridgehead atoms. The van der Waals surface area contributed by atoms with Crippen LogP contribution in [-0.2, 0) is 6.18 Å². The molecular formula is C20H18F4N2O. The van der Waals surface area contributed by atoms with E-state index in [1.54, 1.807) is 17.1 Å². The van der Waals surface area contributed by atoms with Crippen molar-refractivity contribution in [1.29, 1.82) is 0 Å². The molecule has 0 aliphatic carbocycles. The van der Waals surface area contributed by atoms with E-state index in [2.05, 4.69) is 18.5 Å². The molecule has 142 valence electrons. The molecule has 0 aliphatic rings. The monoisotopic (exact) mass is 378 g/mol. The number of carbonyl (C=O) groups excluding carboxylic acids is 1. The third kappa shape index (κ3) is 5.20. The van der Waals surface area contributed by atoms with Gasteiger partial charge in [-0.25, -0.2) is 4.39 Å². The van der Waals surface area contributed by atoms with Crippen LogP contribution in [0.15, 0.2) is 67.8 Å².